The summed E-state index contributed by atoms with van der Waals surface area (Å²) in [6.45, 7) is 6.28. The predicted octanol–water partition coefficient (Wildman–Crippen LogP) is 2.95. The molecule has 0 spiro atoms. The van der Waals surface area contributed by atoms with E-state index in [2.05, 4.69) is 10.3 Å². The summed E-state index contributed by atoms with van der Waals surface area (Å²) in [6, 6.07) is 3.77. The minimum atomic E-state index is -0.418. The number of carbonyl (C=O) groups is 1. The molecule has 0 aliphatic carbocycles. The molecule has 2 rings (SSSR count). The Labute approximate surface area is 128 Å². The first kappa shape index (κ1) is 15.1. The van der Waals surface area contributed by atoms with E-state index >= 15 is 0 Å². The molecule has 0 radical (unpaired) electrons. The van der Waals surface area contributed by atoms with Crippen LogP contribution in [-0.4, -0.2) is 23.4 Å². The van der Waals surface area contributed by atoms with Gasteiger partial charge in [0, 0.05) is 10.6 Å². The minimum Gasteiger partial charge on any atom is -0.465 e. The van der Waals surface area contributed by atoms with Crippen LogP contribution in [0.3, 0.4) is 0 Å². The van der Waals surface area contributed by atoms with E-state index in [0.29, 0.717) is 23.3 Å². The average Bonchev–Trinajstić information content (AvgIpc) is 2.88. The monoisotopic (exact) mass is 310 g/mol. The standard InChI is InChI=1S/C14H18N2O2S2/c1-8(2)7-18-13(17)11-9(3)15-14(19)16-12(11)10-5-4-6-20-10/h4-6,8,11-12H,7H2,1-3H3,(H,16,19). The third kappa shape index (κ3) is 3.43. The molecule has 0 fully saturated rings. The molecule has 1 aromatic rings. The third-order valence-corrected chi connectivity index (χ3v) is 4.17. The number of aliphatic imine (C=N–C) groups is 1. The van der Waals surface area contributed by atoms with Crippen molar-refractivity contribution in [2.45, 2.75) is 26.8 Å². The van der Waals surface area contributed by atoms with Crippen molar-refractivity contribution in [3.05, 3.63) is 22.4 Å². The Morgan fingerprint density at radius 3 is 2.95 bits per heavy atom. The summed E-state index contributed by atoms with van der Waals surface area (Å²) in [7, 11) is 0. The number of carbonyl (C=O) groups excluding carboxylic acids is 1. The number of hydrogen-bond acceptors (Lipinski definition) is 4. The number of thiocarbonyl (C=S) groups is 1. The van der Waals surface area contributed by atoms with Gasteiger partial charge in [0.05, 0.1) is 12.6 Å². The van der Waals surface area contributed by atoms with Crippen molar-refractivity contribution in [1.29, 1.82) is 0 Å². The lowest BCUT2D eigenvalue weighted by molar-refractivity contribution is -0.148. The van der Waals surface area contributed by atoms with Crippen molar-refractivity contribution < 1.29 is 9.53 Å². The number of esters is 1. The van der Waals surface area contributed by atoms with Gasteiger partial charge in [-0.05, 0) is 36.5 Å². The van der Waals surface area contributed by atoms with Crippen LogP contribution in [0.25, 0.3) is 0 Å². The zero-order chi connectivity index (χ0) is 14.7. The molecule has 1 aromatic heterocycles. The Kier molecular flexibility index (Phi) is 4.88. The SMILES string of the molecule is CC1=NC(=S)NC(c2cccs2)C1C(=O)OCC(C)C. The zero-order valence-electron chi connectivity index (χ0n) is 11.8. The van der Waals surface area contributed by atoms with Crippen LogP contribution in [0.2, 0.25) is 0 Å². The van der Waals surface area contributed by atoms with Crippen molar-refractivity contribution >= 4 is 40.3 Å². The average molecular weight is 310 g/mol. The number of rotatable bonds is 4. The molecule has 108 valence electrons. The van der Waals surface area contributed by atoms with Crippen LogP contribution < -0.4 is 5.32 Å². The molecule has 2 unspecified atom stereocenters. The molecule has 20 heavy (non-hydrogen) atoms. The van der Waals surface area contributed by atoms with Crippen molar-refractivity contribution in [1.82, 2.24) is 5.32 Å². The summed E-state index contributed by atoms with van der Waals surface area (Å²) in [6.07, 6.45) is 0. The van der Waals surface area contributed by atoms with Crippen LogP contribution in [0.1, 0.15) is 31.7 Å². The molecule has 0 bridgehead atoms. The molecule has 0 saturated carbocycles. The molecule has 1 aliphatic rings. The quantitative estimate of drug-likeness (QED) is 0.686. The zero-order valence-corrected chi connectivity index (χ0v) is 13.4. The van der Waals surface area contributed by atoms with E-state index in [4.69, 9.17) is 17.0 Å². The summed E-state index contributed by atoms with van der Waals surface area (Å²) in [4.78, 5) is 17.6. The second kappa shape index (κ2) is 6.45. The van der Waals surface area contributed by atoms with E-state index in [-0.39, 0.29) is 12.0 Å². The Morgan fingerprint density at radius 1 is 1.60 bits per heavy atom. The van der Waals surface area contributed by atoms with Gasteiger partial charge in [-0.2, -0.15) is 0 Å². The first-order valence-corrected chi connectivity index (χ1v) is 7.83. The lowest BCUT2D eigenvalue weighted by Crippen LogP contribution is -2.44. The summed E-state index contributed by atoms with van der Waals surface area (Å²) in [5.41, 5.74) is 0.709. The first-order chi connectivity index (χ1) is 9.49. The number of ether oxygens (including phenoxy) is 1. The first-order valence-electron chi connectivity index (χ1n) is 6.54. The van der Waals surface area contributed by atoms with Crippen LogP contribution in [0.4, 0.5) is 0 Å². The molecule has 2 atom stereocenters. The Bertz CT molecular complexity index is 523. The highest BCUT2D eigenvalue weighted by atomic mass is 32.1. The van der Waals surface area contributed by atoms with Crippen molar-refractivity contribution in [2.75, 3.05) is 6.61 Å². The molecule has 0 saturated heterocycles. The highest BCUT2D eigenvalue weighted by molar-refractivity contribution is 7.80. The van der Waals surface area contributed by atoms with Crippen molar-refractivity contribution in [2.24, 2.45) is 16.8 Å². The molecule has 0 aromatic carbocycles. The third-order valence-electron chi connectivity index (χ3n) is 3.00. The van der Waals surface area contributed by atoms with Crippen LogP contribution >= 0.6 is 23.6 Å². The number of thiophene rings is 1. The lowest BCUT2D eigenvalue weighted by Gasteiger charge is -2.30. The van der Waals surface area contributed by atoms with E-state index in [9.17, 15) is 4.79 Å². The molecule has 2 heterocycles. The predicted molar refractivity (Wildman–Crippen MR) is 85.2 cm³/mol. The summed E-state index contributed by atoms with van der Waals surface area (Å²) in [5, 5.41) is 5.53. The van der Waals surface area contributed by atoms with Gasteiger partial charge in [0.25, 0.3) is 0 Å². The van der Waals surface area contributed by atoms with Gasteiger partial charge in [0.15, 0.2) is 5.11 Å². The lowest BCUT2D eigenvalue weighted by atomic mass is 9.92. The number of nitrogens with zero attached hydrogens (tertiary/aromatic N) is 1. The van der Waals surface area contributed by atoms with Gasteiger partial charge < -0.3 is 10.1 Å². The van der Waals surface area contributed by atoms with Crippen molar-refractivity contribution in [3.8, 4) is 0 Å². The topological polar surface area (TPSA) is 50.7 Å². The van der Waals surface area contributed by atoms with Gasteiger partial charge in [-0.1, -0.05) is 19.9 Å². The fourth-order valence-corrected chi connectivity index (χ4v) is 3.15. The smallest absolute Gasteiger partial charge is 0.317 e. The number of nitrogens with one attached hydrogen (secondary N) is 1. The van der Waals surface area contributed by atoms with Gasteiger partial charge in [0.1, 0.15) is 5.92 Å². The van der Waals surface area contributed by atoms with Gasteiger partial charge in [-0.3, -0.25) is 4.79 Å². The fraction of sp³-hybridized carbons (Fsp3) is 0.500. The van der Waals surface area contributed by atoms with E-state index in [1.807, 2.05) is 38.3 Å². The molecule has 6 heteroatoms. The van der Waals surface area contributed by atoms with Crippen LogP contribution in [-0.2, 0) is 9.53 Å². The van der Waals surface area contributed by atoms with Gasteiger partial charge >= 0.3 is 5.97 Å². The Morgan fingerprint density at radius 2 is 2.35 bits per heavy atom. The highest BCUT2D eigenvalue weighted by Gasteiger charge is 2.37. The van der Waals surface area contributed by atoms with E-state index in [1.54, 1.807) is 11.3 Å². The van der Waals surface area contributed by atoms with E-state index < -0.39 is 5.92 Å². The van der Waals surface area contributed by atoms with Crippen molar-refractivity contribution in [3.63, 3.8) is 0 Å². The molecule has 1 aliphatic heterocycles. The maximum atomic E-state index is 12.3. The molecule has 1 N–H and O–H groups in total. The van der Waals surface area contributed by atoms with Gasteiger partial charge in [-0.25, -0.2) is 4.99 Å². The largest absolute Gasteiger partial charge is 0.465 e. The van der Waals surface area contributed by atoms with Gasteiger partial charge in [-0.15, -0.1) is 11.3 Å². The molecular weight excluding hydrogens is 292 g/mol. The normalized spacial score (nSPS) is 22.4. The van der Waals surface area contributed by atoms with E-state index in [0.717, 1.165) is 4.88 Å². The summed E-state index contributed by atoms with van der Waals surface area (Å²) >= 11 is 6.73. The maximum Gasteiger partial charge on any atom is 0.317 e. The second-order valence-corrected chi connectivity index (χ2v) is 6.56. The number of hydrogen-bond donors (Lipinski definition) is 1. The fourth-order valence-electron chi connectivity index (χ4n) is 2.07. The molecular formula is C14H18N2O2S2. The Hall–Kier alpha value is -1.27. The molecule has 4 nitrogen and oxygen atoms in total. The highest BCUT2D eigenvalue weighted by Crippen LogP contribution is 2.30. The van der Waals surface area contributed by atoms with E-state index in [1.165, 1.54) is 0 Å². The molecule has 0 amide bonds. The minimum absolute atomic E-state index is 0.181. The summed E-state index contributed by atoms with van der Waals surface area (Å²) < 4.78 is 5.38. The van der Waals surface area contributed by atoms with Crippen LogP contribution in [0.5, 0.6) is 0 Å². The van der Waals surface area contributed by atoms with Crippen LogP contribution in [0, 0.1) is 11.8 Å². The van der Waals surface area contributed by atoms with Crippen LogP contribution in [0.15, 0.2) is 22.5 Å². The maximum absolute atomic E-state index is 12.3. The van der Waals surface area contributed by atoms with Gasteiger partial charge in [0.2, 0.25) is 0 Å². The second-order valence-electron chi connectivity index (χ2n) is 5.20. The summed E-state index contributed by atoms with van der Waals surface area (Å²) in [5.74, 6) is -0.346. The Balaban J connectivity index is 2.23.